The predicted octanol–water partition coefficient (Wildman–Crippen LogP) is 3.46. The molecule has 0 aromatic heterocycles. The molecule has 2 aromatic carbocycles. The fourth-order valence-corrected chi connectivity index (χ4v) is 2.14. The molecule has 0 radical (unpaired) electrons. The topological polar surface area (TPSA) is 47.3 Å². The third kappa shape index (κ3) is 3.41. The van der Waals surface area contributed by atoms with Gasteiger partial charge in [-0.1, -0.05) is 30.3 Å². The maximum atomic E-state index is 13.9. The highest BCUT2D eigenvalue weighted by molar-refractivity contribution is 5.62. The largest absolute Gasteiger partial charge is 0.495 e. The molecule has 1 atom stereocenters. The Morgan fingerprint density at radius 3 is 2.60 bits per heavy atom. The zero-order valence-corrected chi connectivity index (χ0v) is 11.7. The summed E-state index contributed by atoms with van der Waals surface area (Å²) < 4.78 is 19.0. The van der Waals surface area contributed by atoms with Gasteiger partial charge in [-0.05, 0) is 18.9 Å². The molecular weight excluding hydrogens is 255 g/mol. The van der Waals surface area contributed by atoms with Gasteiger partial charge in [-0.2, -0.15) is 0 Å². The molecule has 0 aliphatic rings. The summed E-state index contributed by atoms with van der Waals surface area (Å²) in [6.45, 7) is 2.01. The van der Waals surface area contributed by atoms with E-state index >= 15 is 0 Å². The molecule has 4 heteroatoms. The second-order valence-corrected chi connectivity index (χ2v) is 4.81. The summed E-state index contributed by atoms with van der Waals surface area (Å²) >= 11 is 0. The van der Waals surface area contributed by atoms with E-state index in [1.807, 2.05) is 25.1 Å². The van der Waals surface area contributed by atoms with E-state index < -0.39 is 0 Å². The molecular formula is C16H19FN2O. The molecule has 0 aliphatic heterocycles. The first-order chi connectivity index (χ1) is 9.60. The van der Waals surface area contributed by atoms with Crippen molar-refractivity contribution in [3.8, 4) is 5.75 Å². The van der Waals surface area contributed by atoms with Crippen molar-refractivity contribution in [2.75, 3.05) is 18.2 Å². The molecule has 0 heterocycles. The van der Waals surface area contributed by atoms with E-state index in [2.05, 4.69) is 17.4 Å². The number of hydrogen-bond donors (Lipinski definition) is 2. The van der Waals surface area contributed by atoms with E-state index in [1.165, 1.54) is 18.7 Å². The lowest BCUT2D eigenvalue weighted by Crippen LogP contribution is -2.19. The summed E-state index contributed by atoms with van der Waals surface area (Å²) in [7, 11) is 1.51. The summed E-state index contributed by atoms with van der Waals surface area (Å²) in [6.07, 6.45) is 0.812. The van der Waals surface area contributed by atoms with Crippen LogP contribution in [0.1, 0.15) is 12.5 Å². The van der Waals surface area contributed by atoms with Crippen molar-refractivity contribution in [3.63, 3.8) is 0 Å². The predicted molar refractivity (Wildman–Crippen MR) is 80.6 cm³/mol. The van der Waals surface area contributed by atoms with Gasteiger partial charge in [0.25, 0.3) is 0 Å². The number of methoxy groups -OCH3 is 1. The summed E-state index contributed by atoms with van der Waals surface area (Å²) in [5, 5.41) is 3.15. The number of benzene rings is 2. The molecule has 20 heavy (non-hydrogen) atoms. The van der Waals surface area contributed by atoms with Crippen molar-refractivity contribution >= 4 is 11.4 Å². The first kappa shape index (κ1) is 14.2. The van der Waals surface area contributed by atoms with E-state index in [-0.39, 0.29) is 11.9 Å². The summed E-state index contributed by atoms with van der Waals surface area (Å²) in [5.74, 6) is 0.101. The van der Waals surface area contributed by atoms with Gasteiger partial charge in [0, 0.05) is 18.2 Å². The number of ether oxygens (including phenoxy) is 1. The number of nitrogen functional groups attached to an aromatic ring is 1. The van der Waals surface area contributed by atoms with Gasteiger partial charge < -0.3 is 15.8 Å². The standard InChI is InChI=1S/C16H19FN2O/c1-11(8-12-6-4-3-5-7-12)19-15-10-16(20-2)14(18)9-13(15)17/h3-7,9-11,19H,8,18H2,1-2H3. The van der Waals surface area contributed by atoms with Gasteiger partial charge in [-0.25, -0.2) is 4.39 Å². The molecule has 0 saturated carbocycles. The molecule has 0 spiro atoms. The number of rotatable bonds is 5. The fourth-order valence-electron chi connectivity index (χ4n) is 2.14. The Balaban J connectivity index is 2.09. The maximum Gasteiger partial charge on any atom is 0.148 e. The van der Waals surface area contributed by atoms with Gasteiger partial charge >= 0.3 is 0 Å². The molecule has 2 aromatic rings. The van der Waals surface area contributed by atoms with Crippen LogP contribution in [0.15, 0.2) is 42.5 Å². The lowest BCUT2D eigenvalue weighted by atomic mass is 10.1. The second kappa shape index (κ2) is 6.28. The third-order valence-corrected chi connectivity index (χ3v) is 3.11. The van der Waals surface area contributed by atoms with E-state index in [0.29, 0.717) is 17.1 Å². The van der Waals surface area contributed by atoms with E-state index in [1.54, 1.807) is 6.07 Å². The van der Waals surface area contributed by atoms with Crippen LogP contribution in [-0.4, -0.2) is 13.2 Å². The van der Waals surface area contributed by atoms with Crippen LogP contribution in [0.3, 0.4) is 0 Å². The van der Waals surface area contributed by atoms with Crippen molar-refractivity contribution < 1.29 is 9.13 Å². The van der Waals surface area contributed by atoms with Gasteiger partial charge in [0.2, 0.25) is 0 Å². The summed E-state index contributed by atoms with van der Waals surface area (Å²) in [6, 6.07) is 13.0. The van der Waals surface area contributed by atoms with Crippen LogP contribution in [0.5, 0.6) is 5.75 Å². The minimum atomic E-state index is -0.372. The molecule has 0 aliphatic carbocycles. The summed E-state index contributed by atoms with van der Waals surface area (Å²) in [5.41, 5.74) is 7.57. The van der Waals surface area contributed by atoms with Crippen LogP contribution >= 0.6 is 0 Å². The molecule has 2 rings (SSSR count). The maximum absolute atomic E-state index is 13.9. The zero-order chi connectivity index (χ0) is 14.5. The zero-order valence-electron chi connectivity index (χ0n) is 11.7. The Labute approximate surface area is 118 Å². The van der Waals surface area contributed by atoms with Crippen LogP contribution < -0.4 is 15.8 Å². The molecule has 3 nitrogen and oxygen atoms in total. The SMILES string of the molecule is COc1cc(NC(C)Cc2ccccc2)c(F)cc1N. The van der Waals surface area contributed by atoms with Crippen molar-refractivity contribution in [2.24, 2.45) is 0 Å². The highest BCUT2D eigenvalue weighted by Crippen LogP contribution is 2.28. The molecule has 1 unspecified atom stereocenters. The monoisotopic (exact) mass is 274 g/mol. The number of anilines is 2. The Kier molecular flexibility index (Phi) is 4.45. The number of nitrogens with one attached hydrogen (secondary N) is 1. The Bertz CT molecular complexity index is 572. The van der Waals surface area contributed by atoms with Crippen LogP contribution in [-0.2, 0) is 6.42 Å². The first-order valence-electron chi connectivity index (χ1n) is 6.53. The third-order valence-electron chi connectivity index (χ3n) is 3.11. The Morgan fingerprint density at radius 2 is 1.95 bits per heavy atom. The average Bonchev–Trinajstić information content (AvgIpc) is 2.43. The highest BCUT2D eigenvalue weighted by atomic mass is 19.1. The van der Waals surface area contributed by atoms with E-state index in [9.17, 15) is 4.39 Å². The molecule has 0 fully saturated rings. The van der Waals surface area contributed by atoms with Crippen LogP contribution in [0.25, 0.3) is 0 Å². The smallest absolute Gasteiger partial charge is 0.148 e. The quantitative estimate of drug-likeness (QED) is 0.821. The summed E-state index contributed by atoms with van der Waals surface area (Å²) in [4.78, 5) is 0. The van der Waals surface area contributed by atoms with Crippen LogP contribution in [0.4, 0.5) is 15.8 Å². The van der Waals surface area contributed by atoms with Gasteiger partial charge in [0.1, 0.15) is 11.6 Å². The minimum Gasteiger partial charge on any atom is -0.495 e. The normalized spacial score (nSPS) is 11.9. The average molecular weight is 274 g/mol. The number of halogens is 1. The highest BCUT2D eigenvalue weighted by Gasteiger charge is 2.11. The molecule has 0 amide bonds. The van der Waals surface area contributed by atoms with E-state index in [0.717, 1.165) is 6.42 Å². The lowest BCUT2D eigenvalue weighted by molar-refractivity contribution is 0.416. The first-order valence-corrected chi connectivity index (χ1v) is 6.53. The van der Waals surface area contributed by atoms with Crippen LogP contribution in [0, 0.1) is 5.82 Å². The van der Waals surface area contributed by atoms with E-state index in [4.69, 9.17) is 10.5 Å². The van der Waals surface area contributed by atoms with Crippen molar-refractivity contribution in [2.45, 2.75) is 19.4 Å². The molecule has 3 N–H and O–H groups in total. The van der Waals surface area contributed by atoms with Crippen molar-refractivity contribution in [3.05, 3.63) is 53.8 Å². The minimum absolute atomic E-state index is 0.0974. The molecule has 106 valence electrons. The number of nitrogens with two attached hydrogens (primary N) is 1. The lowest BCUT2D eigenvalue weighted by Gasteiger charge is -2.17. The van der Waals surface area contributed by atoms with Gasteiger partial charge in [0.05, 0.1) is 18.5 Å². The van der Waals surface area contributed by atoms with Crippen molar-refractivity contribution in [1.82, 2.24) is 0 Å². The van der Waals surface area contributed by atoms with Gasteiger partial charge in [-0.3, -0.25) is 0 Å². The Hall–Kier alpha value is -2.23. The number of hydrogen-bond acceptors (Lipinski definition) is 3. The molecule has 0 bridgehead atoms. The Morgan fingerprint density at radius 1 is 1.25 bits per heavy atom. The van der Waals surface area contributed by atoms with Gasteiger partial charge in [0.15, 0.2) is 0 Å². The second-order valence-electron chi connectivity index (χ2n) is 4.81. The molecule has 0 saturated heterocycles. The van der Waals surface area contributed by atoms with Gasteiger partial charge in [-0.15, -0.1) is 0 Å². The van der Waals surface area contributed by atoms with Crippen molar-refractivity contribution in [1.29, 1.82) is 0 Å². The van der Waals surface area contributed by atoms with Crippen LogP contribution in [0.2, 0.25) is 0 Å². The fraction of sp³-hybridized carbons (Fsp3) is 0.250.